The largest absolute Gasteiger partial charge is 0.508 e. The third kappa shape index (κ3) is 4.79. The van der Waals surface area contributed by atoms with E-state index in [9.17, 15) is 15.0 Å². The van der Waals surface area contributed by atoms with Gasteiger partial charge >= 0.3 is 5.97 Å². The number of phenols is 1. The average Bonchev–Trinajstić information content (AvgIpc) is 2.54. The molecule has 2 N–H and O–H groups in total. The number of aliphatic hydroxyl groups is 1. The number of ether oxygens (including phenoxy) is 2. The van der Waals surface area contributed by atoms with Crippen LogP contribution < -0.4 is 0 Å². The van der Waals surface area contributed by atoms with Crippen LogP contribution in [-0.2, 0) is 15.9 Å². The molecule has 0 saturated carbocycles. The summed E-state index contributed by atoms with van der Waals surface area (Å²) >= 11 is 0. The molecule has 1 rings (SSSR count). The molecular weight excluding hydrogens is 284 g/mol. The summed E-state index contributed by atoms with van der Waals surface area (Å²) in [6.07, 6.45) is 5.15. The summed E-state index contributed by atoms with van der Waals surface area (Å²) in [4.78, 5) is 11.5. The minimum Gasteiger partial charge on any atom is -0.508 e. The molecular formula is C17H20O5. The van der Waals surface area contributed by atoms with E-state index < -0.39 is 5.97 Å². The fourth-order valence-corrected chi connectivity index (χ4v) is 1.86. The third-order valence-electron chi connectivity index (χ3n) is 2.99. The Bertz CT molecular complexity index is 599. The van der Waals surface area contributed by atoms with E-state index in [2.05, 4.69) is 11.3 Å². The number of allylic oxidation sites excluding steroid dienone is 3. The van der Waals surface area contributed by atoms with Gasteiger partial charge < -0.3 is 19.7 Å². The molecule has 5 nitrogen and oxygen atoms in total. The molecule has 0 unspecified atom stereocenters. The maximum Gasteiger partial charge on any atom is 0.337 e. The smallest absolute Gasteiger partial charge is 0.337 e. The minimum absolute atomic E-state index is 0.0404. The molecule has 0 radical (unpaired) electrons. The summed E-state index contributed by atoms with van der Waals surface area (Å²) in [5.74, 6) is 0.0845. The lowest BCUT2D eigenvalue weighted by molar-refractivity contribution is 0.0600. The summed E-state index contributed by atoms with van der Waals surface area (Å²) in [5, 5.41) is 19.4. The van der Waals surface area contributed by atoms with Crippen LogP contribution in [0.1, 0.15) is 15.9 Å². The number of aromatic hydroxyl groups is 1. The first-order valence-electron chi connectivity index (χ1n) is 6.63. The van der Waals surface area contributed by atoms with Crippen LogP contribution in [0, 0.1) is 0 Å². The SMILES string of the molecule is C=C/C=C(\C=C(/CO)Cc1cc(C(=O)OC)ccc1O)OC. The second-order valence-electron chi connectivity index (χ2n) is 4.48. The van der Waals surface area contributed by atoms with Crippen molar-refractivity contribution in [2.75, 3.05) is 20.8 Å². The van der Waals surface area contributed by atoms with E-state index in [1.807, 2.05) is 0 Å². The molecule has 0 aliphatic carbocycles. The third-order valence-corrected chi connectivity index (χ3v) is 2.99. The lowest BCUT2D eigenvalue weighted by Crippen LogP contribution is -2.03. The molecule has 0 aliphatic heterocycles. The van der Waals surface area contributed by atoms with E-state index in [1.165, 1.54) is 32.4 Å². The van der Waals surface area contributed by atoms with Crippen molar-refractivity contribution in [1.82, 2.24) is 0 Å². The van der Waals surface area contributed by atoms with Gasteiger partial charge in [0.05, 0.1) is 26.4 Å². The molecule has 0 amide bonds. The van der Waals surface area contributed by atoms with Gasteiger partial charge in [0.15, 0.2) is 0 Å². The number of aliphatic hydroxyl groups excluding tert-OH is 1. The van der Waals surface area contributed by atoms with E-state index >= 15 is 0 Å². The second kappa shape index (κ2) is 8.69. The average molecular weight is 304 g/mol. The van der Waals surface area contributed by atoms with E-state index in [1.54, 1.807) is 18.2 Å². The van der Waals surface area contributed by atoms with E-state index in [0.717, 1.165) is 0 Å². The number of carbonyl (C=O) groups is 1. The number of rotatable bonds is 7. The molecule has 5 heteroatoms. The van der Waals surface area contributed by atoms with Gasteiger partial charge in [-0.25, -0.2) is 4.79 Å². The topological polar surface area (TPSA) is 76.0 Å². The van der Waals surface area contributed by atoms with Crippen LogP contribution >= 0.6 is 0 Å². The summed E-state index contributed by atoms with van der Waals surface area (Å²) in [5.41, 5.74) is 1.46. The highest BCUT2D eigenvalue weighted by molar-refractivity contribution is 5.89. The van der Waals surface area contributed by atoms with E-state index in [0.29, 0.717) is 22.5 Å². The molecule has 0 fully saturated rings. The highest BCUT2D eigenvalue weighted by atomic mass is 16.5. The van der Waals surface area contributed by atoms with Crippen LogP contribution in [-0.4, -0.2) is 37.0 Å². The van der Waals surface area contributed by atoms with Crippen molar-refractivity contribution >= 4 is 5.97 Å². The predicted octanol–water partition coefficient (Wildman–Crippen LogP) is 2.36. The van der Waals surface area contributed by atoms with Crippen LogP contribution in [0.25, 0.3) is 0 Å². The standard InChI is InChI=1S/C17H20O5/c1-4-5-15(21-2)9-12(11-18)8-14-10-13(17(20)22-3)6-7-16(14)19/h4-7,9-10,18-19H,1,8,11H2,2-3H3/b12-9-,15-5+. The molecule has 1 aromatic rings. The Labute approximate surface area is 129 Å². The van der Waals surface area contributed by atoms with Gasteiger partial charge in [0, 0.05) is 0 Å². The first-order valence-corrected chi connectivity index (χ1v) is 6.63. The van der Waals surface area contributed by atoms with Gasteiger partial charge in [-0.15, -0.1) is 0 Å². The van der Waals surface area contributed by atoms with Crippen LogP contribution in [0.4, 0.5) is 0 Å². The highest BCUT2D eigenvalue weighted by Gasteiger charge is 2.11. The van der Waals surface area contributed by atoms with Crippen molar-refractivity contribution in [3.63, 3.8) is 0 Å². The van der Waals surface area contributed by atoms with Gasteiger partial charge in [0.2, 0.25) is 0 Å². The molecule has 0 aliphatic rings. The number of methoxy groups -OCH3 is 2. The van der Waals surface area contributed by atoms with Gasteiger partial charge in [0.1, 0.15) is 11.5 Å². The number of carbonyl (C=O) groups excluding carboxylic acids is 1. The molecule has 1 aromatic carbocycles. The Morgan fingerprint density at radius 1 is 1.32 bits per heavy atom. The maximum absolute atomic E-state index is 11.5. The van der Waals surface area contributed by atoms with Gasteiger partial charge in [0.25, 0.3) is 0 Å². The van der Waals surface area contributed by atoms with Crippen molar-refractivity contribution < 1.29 is 24.5 Å². The molecule has 0 aromatic heterocycles. The highest BCUT2D eigenvalue weighted by Crippen LogP contribution is 2.22. The molecule has 118 valence electrons. The van der Waals surface area contributed by atoms with Crippen molar-refractivity contribution in [2.24, 2.45) is 0 Å². The second-order valence-corrected chi connectivity index (χ2v) is 4.48. The maximum atomic E-state index is 11.5. The van der Waals surface area contributed by atoms with Gasteiger partial charge in [-0.1, -0.05) is 12.7 Å². The number of benzene rings is 1. The zero-order chi connectivity index (χ0) is 16.5. The Morgan fingerprint density at radius 3 is 2.59 bits per heavy atom. The fraction of sp³-hybridized carbons (Fsp3) is 0.235. The van der Waals surface area contributed by atoms with E-state index in [4.69, 9.17) is 4.74 Å². The molecule has 0 atom stereocenters. The predicted molar refractivity (Wildman–Crippen MR) is 83.6 cm³/mol. The van der Waals surface area contributed by atoms with Crippen LogP contribution in [0.15, 0.2) is 54.3 Å². The Hall–Kier alpha value is -2.53. The van der Waals surface area contributed by atoms with Gasteiger partial charge in [-0.05, 0) is 47.9 Å². The zero-order valence-electron chi connectivity index (χ0n) is 12.7. The monoisotopic (exact) mass is 304 g/mol. The van der Waals surface area contributed by atoms with Gasteiger partial charge in [-0.2, -0.15) is 0 Å². The quantitative estimate of drug-likeness (QED) is 0.459. The Balaban J connectivity index is 3.10. The summed E-state index contributed by atoms with van der Waals surface area (Å²) in [6.45, 7) is 3.37. The van der Waals surface area contributed by atoms with Crippen LogP contribution in [0.2, 0.25) is 0 Å². The first kappa shape index (κ1) is 17.5. The number of hydrogen-bond acceptors (Lipinski definition) is 5. The van der Waals surface area contributed by atoms with E-state index in [-0.39, 0.29) is 18.8 Å². The van der Waals surface area contributed by atoms with Crippen molar-refractivity contribution in [3.8, 4) is 5.75 Å². The minimum atomic E-state index is -0.486. The summed E-state index contributed by atoms with van der Waals surface area (Å²) < 4.78 is 9.79. The van der Waals surface area contributed by atoms with Crippen molar-refractivity contribution in [1.29, 1.82) is 0 Å². The van der Waals surface area contributed by atoms with Crippen LogP contribution in [0.3, 0.4) is 0 Å². The van der Waals surface area contributed by atoms with Crippen LogP contribution in [0.5, 0.6) is 5.75 Å². The molecule has 0 saturated heterocycles. The lowest BCUT2D eigenvalue weighted by Gasteiger charge is -2.10. The normalized spacial score (nSPS) is 12.0. The Morgan fingerprint density at radius 2 is 2.05 bits per heavy atom. The molecule has 22 heavy (non-hydrogen) atoms. The van der Waals surface area contributed by atoms with Gasteiger partial charge in [-0.3, -0.25) is 0 Å². The summed E-state index contributed by atoms with van der Waals surface area (Å²) in [7, 11) is 2.80. The number of esters is 1. The fourth-order valence-electron chi connectivity index (χ4n) is 1.86. The van der Waals surface area contributed by atoms with Crippen molar-refractivity contribution in [2.45, 2.75) is 6.42 Å². The first-order chi connectivity index (χ1) is 10.5. The molecule has 0 heterocycles. The zero-order valence-corrected chi connectivity index (χ0v) is 12.7. The summed E-state index contributed by atoms with van der Waals surface area (Å²) in [6, 6.07) is 4.44. The lowest BCUT2D eigenvalue weighted by atomic mass is 10.0. The Kier molecular flexibility index (Phi) is 6.92. The number of hydrogen-bond donors (Lipinski definition) is 2. The number of phenolic OH excluding ortho intramolecular Hbond substituents is 1. The molecule has 0 bridgehead atoms. The van der Waals surface area contributed by atoms with Crippen molar-refractivity contribution in [3.05, 3.63) is 65.5 Å². The molecule has 0 spiro atoms.